The van der Waals surface area contributed by atoms with Crippen molar-refractivity contribution in [3.8, 4) is 0 Å². The summed E-state index contributed by atoms with van der Waals surface area (Å²) in [5, 5.41) is 5.27. The minimum absolute atomic E-state index is 0.456. The Morgan fingerprint density at radius 3 is 3.00 bits per heavy atom. The van der Waals surface area contributed by atoms with Crippen LogP contribution in [0.15, 0.2) is 6.20 Å². The lowest BCUT2D eigenvalue weighted by Gasteiger charge is -1.95. The first kappa shape index (κ1) is 8.18. The van der Waals surface area contributed by atoms with Crippen molar-refractivity contribution in [3.05, 3.63) is 15.2 Å². The Kier molecular flexibility index (Phi) is 1.91. The van der Waals surface area contributed by atoms with E-state index < -0.39 is 0 Å². The van der Waals surface area contributed by atoms with Gasteiger partial charge in [0.25, 0.3) is 0 Å². The third kappa shape index (κ3) is 1.16. The highest BCUT2D eigenvalue weighted by atomic mass is 127. The van der Waals surface area contributed by atoms with Crippen LogP contribution in [-0.2, 0) is 7.05 Å². The van der Waals surface area contributed by atoms with Gasteiger partial charge in [0.2, 0.25) is 0 Å². The molecule has 0 atom stereocenters. The van der Waals surface area contributed by atoms with Gasteiger partial charge in [-0.2, -0.15) is 5.10 Å². The van der Waals surface area contributed by atoms with Crippen molar-refractivity contribution < 1.29 is 0 Å². The van der Waals surface area contributed by atoms with Gasteiger partial charge in [-0.05, 0) is 0 Å². The molecule has 62 valence electrons. The lowest BCUT2D eigenvalue weighted by molar-refractivity contribution is 0.783. The fraction of sp³-hybridized carbons (Fsp3) is 0.167. The minimum Gasteiger partial charge on any atom is -0.250 e. The van der Waals surface area contributed by atoms with E-state index in [4.69, 9.17) is 11.6 Å². The maximum Gasteiger partial charge on any atom is 0.194 e. The van der Waals surface area contributed by atoms with E-state index in [9.17, 15) is 0 Å². The highest BCUT2D eigenvalue weighted by Gasteiger charge is 2.07. The van der Waals surface area contributed by atoms with E-state index in [1.807, 2.05) is 29.6 Å². The maximum absolute atomic E-state index is 5.87. The highest BCUT2D eigenvalue weighted by Crippen LogP contribution is 2.19. The van der Waals surface area contributed by atoms with Gasteiger partial charge in [-0.25, -0.2) is 9.97 Å². The lowest BCUT2D eigenvalue weighted by Crippen LogP contribution is -1.95. The highest BCUT2D eigenvalue weighted by molar-refractivity contribution is 14.1. The largest absolute Gasteiger partial charge is 0.250 e. The van der Waals surface area contributed by atoms with Crippen LogP contribution in [0.5, 0.6) is 0 Å². The van der Waals surface area contributed by atoms with Gasteiger partial charge >= 0.3 is 0 Å². The minimum atomic E-state index is 0.456. The zero-order valence-electron chi connectivity index (χ0n) is 6.12. The van der Waals surface area contributed by atoms with Crippen LogP contribution in [0, 0.1) is 3.83 Å². The molecule has 2 rings (SSSR count). The van der Waals surface area contributed by atoms with Crippen molar-refractivity contribution in [2.75, 3.05) is 0 Å². The van der Waals surface area contributed by atoms with Gasteiger partial charge in [-0.15, -0.1) is 0 Å². The van der Waals surface area contributed by atoms with Crippen LogP contribution < -0.4 is 0 Å². The van der Waals surface area contributed by atoms with E-state index in [-0.39, 0.29) is 0 Å². The first-order valence-electron chi connectivity index (χ1n) is 3.19. The van der Waals surface area contributed by atoms with Crippen molar-refractivity contribution in [2.45, 2.75) is 0 Å². The molecule has 0 bridgehead atoms. The van der Waals surface area contributed by atoms with Crippen LogP contribution >= 0.6 is 34.2 Å². The molecule has 0 saturated heterocycles. The molecule has 0 spiro atoms. The molecule has 0 aliphatic carbocycles. The standard InChI is InChI=1S/C6H4ClIN4/c1-12-5-3(2-9-12)4(7)10-6(8)11-5/h2H,1H3. The molecule has 0 amide bonds. The average Bonchev–Trinajstić information content (AvgIpc) is 2.33. The van der Waals surface area contributed by atoms with Crippen molar-refractivity contribution in [3.63, 3.8) is 0 Å². The van der Waals surface area contributed by atoms with Crippen molar-refractivity contribution in [1.29, 1.82) is 0 Å². The second-order valence-electron chi connectivity index (χ2n) is 2.29. The smallest absolute Gasteiger partial charge is 0.194 e. The van der Waals surface area contributed by atoms with Crippen LogP contribution in [0.2, 0.25) is 5.15 Å². The number of fused-ring (bicyclic) bond motifs is 1. The Bertz CT molecular complexity index is 438. The van der Waals surface area contributed by atoms with Gasteiger partial charge in [-0.3, -0.25) is 4.68 Å². The molecule has 2 heterocycles. The molecule has 4 nitrogen and oxygen atoms in total. The average molecular weight is 294 g/mol. The topological polar surface area (TPSA) is 43.6 Å². The van der Waals surface area contributed by atoms with Crippen LogP contribution in [0.3, 0.4) is 0 Å². The predicted molar refractivity (Wildman–Crippen MR) is 54.0 cm³/mol. The van der Waals surface area contributed by atoms with Crippen LogP contribution in [0.25, 0.3) is 11.0 Å². The Morgan fingerprint density at radius 1 is 1.50 bits per heavy atom. The molecule has 0 aliphatic rings. The van der Waals surface area contributed by atoms with Crippen LogP contribution in [0.4, 0.5) is 0 Å². The number of hydrogen-bond acceptors (Lipinski definition) is 3. The van der Waals surface area contributed by atoms with Crippen LogP contribution in [-0.4, -0.2) is 19.7 Å². The second-order valence-corrected chi connectivity index (χ2v) is 3.61. The van der Waals surface area contributed by atoms with E-state index in [1.54, 1.807) is 10.9 Å². The summed E-state index contributed by atoms with van der Waals surface area (Å²) < 4.78 is 2.30. The van der Waals surface area contributed by atoms with E-state index in [2.05, 4.69) is 15.1 Å². The Morgan fingerprint density at radius 2 is 2.25 bits per heavy atom. The molecule has 2 aromatic rings. The van der Waals surface area contributed by atoms with Crippen molar-refractivity contribution in [2.24, 2.45) is 7.05 Å². The zero-order valence-corrected chi connectivity index (χ0v) is 9.04. The quantitative estimate of drug-likeness (QED) is 0.421. The van der Waals surface area contributed by atoms with Gasteiger partial charge < -0.3 is 0 Å². The molecule has 2 aromatic heterocycles. The number of halogens is 2. The summed E-state index contributed by atoms with van der Waals surface area (Å²) in [5.74, 6) is 0. The number of rotatable bonds is 0. The summed E-state index contributed by atoms with van der Waals surface area (Å²) in [6.07, 6.45) is 1.66. The van der Waals surface area contributed by atoms with E-state index in [0.717, 1.165) is 11.0 Å². The normalized spacial score (nSPS) is 10.9. The van der Waals surface area contributed by atoms with Gasteiger partial charge in [-0.1, -0.05) is 11.6 Å². The third-order valence-electron chi connectivity index (χ3n) is 1.52. The fourth-order valence-corrected chi connectivity index (χ4v) is 1.79. The molecule has 0 saturated carbocycles. The molecular weight excluding hydrogens is 290 g/mol. The van der Waals surface area contributed by atoms with Crippen molar-refractivity contribution in [1.82, 2.24) is 19.7 Å². The molecule has 0 aromatic carbocycles. The predicted octanol–water partition coefficient (Wildman–Crippen LogP) is 1.62. The molecule has 0 fully saturated rings. The molecule has 0 unspecified atom stereocenters. The molecule has 0 N–H and O–H groups in total. The van der Waals surface area contributed by atoms with Crippen LogP contribution in [0.1, 0.15) is 0 Å². The summed E-state index contributed by atoms with van der Waals surface area (Å²) in [4.78, 5) is 8.19. The molecule has 12 heavy (non-hydrogen) atoms. The number of nitrogens with zero attached hydrogens (tertiary/aromatic N) is 4. The summed E-state index contributed by atoms with van der Waals surface area (Å²) in [6, 6.07) is 0. The summed E-state index contributed by atoms with van der Waals surface area (Å²) in [7, 11) is 1.82. The summed E-state index contributed by atoms with van der Waals surface area (Å²) in [5.41, 5.74) is 0.763. The third-order valence-corrected chi connectivity index (χ3v) is 2.29. The van der Waals surface area contributed by atoms with E-state index in [0.29, 0.717) is 8.98 Å². The molecule has 0 radical (unpaired) electrons. The lowest BCUT2D eigenvalue weighted by atomic mass is 10.4. The number of hydrogen-bond donors (Lipinski definition) is 0. The molecule has 0 aliphatic heterocycles. The Balaban J connectivity index is 2.92. The maximum atomic E-state index is 5.87. The first-order chi connectivity index (χ1) is 5.68. The van der Waals surface area contributed by atoms with E-state index >= 15 is 0 Å². The van der Waals surface area contributed by atoms with E-state index in [1.165, 1.54) is 0 Å². The SMILES string of the molecule is Cn1ncc2c(Cl)nc(I)nc21. The summed E-state index contributed by atoms with van der Waals surface area (Å²) in [6.45, 7) is 0. The second kappa shape index (κ2) is 2.81. The molecular formula is C6H4ClIN4. The van der Waals surface area contributed by atoms with Gasteiger partial charge in [0.1, 0.15) is 5.15 Å². The number of aryl methyl sites for hydroxylation is 1. The van der Waals surface area contributed by atoms with Gasteiger partial charge in [0, 0.05) is 29.6 Å². The van der Waals surface area contributed by atoms with Gasteiger partial charge in [0.15, 0.2) is 9.48 Å². The fourth-order valence-electron chi connectivity index (χ4n) is 0.963. The Labute approximate surface area is 87.1 Å². The van der Waals surface area contributed by atoms with Crippen molar-refractivity contribution >= 4 is 45.2 Å². The monoisotopic (exact) mass is 294 g/mol. The number of aromatic nitrogens is 4. The first-order valence-corrected chi connectivity index (χ1v) is 4.65. The Hall–Kier alpha value is -0.430. The molecule has 6 heteroatoms. The summed E-state index contributed by atoms with van der Waals surface area (Å²) >= 11 is 7.89. The zero-order chi connectivity index (χ0) is 8.72. The van der Waals surface area contributed by atoms with Gasteiger partial charge in [0.05, 0.1) is 11.6 Å².